The summed E-state index contributed by atoms with van der Waals surface area (Å²) in [5.74, 6) is 0.448. The maximum absolute atomic E-state index is 12.9. The van der Waals surface area contributed by atoms with E-state index >= 15 is 0 Å². The van der Waals surface area contributed by atoms with Crippen molar-refractivity contribution in [3.63, 3.8) is 0 Å². The molecule has 92 valence electrons. The van der Waals surface area contributed by atoms with Gasteiger partial charge in [0.25, 0.3) is 0 Å². The molecule has 0 radical (unpaired) electrons. The Morgan fingerprint density at radius 3 is 2.83 bits per heavy atom. The first-order chi connectivity index (χ1) is 8.74. The average Bonchev–Trinajstić information content (AvgIpc) is 2.39. The van der Waals surface area contributed by atoms with Gasteiger partial charge in [0.15, 0.2) is 0 Å². The topological polar surface area (TPSA) is 53.7 Å². The zero-order valence-corrected chi connectivity index (χ0v) is 9.78. The summed E-state index contributed by atoms with van der Waals surface area (Å²) in [6, 6.07) is 7.87. The van der Waals surface area contributed by atoms with Crippen LogP contribution in [0, 0.1) is 11.2 Å². The Bertz CT molecular complexity index is 630. The molecule has 0 aliphatic carbocycles. The van der Waals surface area contributed by atoms with Gasteiger partial charge in [-0.3, -0.25) is 9.98 Å². The summed E-state index contributed by atoms with van der Waals surface area (Å²) in [5, 5.41) is 11.2. The molecule has 2 N–H and O–H groups in total. The molecule has 0 atom stereocenters. The number of nitrogens with zero attached hydrogens (tertiary/aromatic N) is 2. The Morgan fingerprint density at radius 2 is 2.06 bits per heavy atom. The minimum Gasteiger partial charge on any atom is -0.356 e. The lowest BCUT2D eigenvalue weighted by Crippen LogP contribution is -2.30. The highest BCUT2D eigenvalue weighted by Gasteiger charge is 2.11. The van der Waals surface area contributed by atoms with E-state index in [1.165, 1.54) is 12.1 Å². The number of anilines is 1. The number of benzene rings is 1. The van der Waals surface area contributed by atoms with Crippen LogP contribution >= 0.6 is 0 Å². The van der Waals surface area contributed by atoms with E-state index in [0.717, 1.165) is 25.1 Å². The van der Waals surface area contributed by atoms with E-state index in [4.69, 9.17) is 5.41 Å². The molecule has 0 spiro atoms. The summed E-state index contributed by atoms with van der Waals surface area (Å²) in [6.45, 7) is 1.69. The Labute approximate surface area is 104 Å². The van der Waals surface area contributed by atoms with Gasteiger partial charge in [0, 0.05) is 24.7 Å². The molecule has 0 saturated heterocycles. The molecule has 0 bridgehead atoms. The molecule has 4 nitrogen and oxygen atoms in total. The summed E-state index contributed by atoms with van der Waals surface area (Å²) < 4.78 is 14.7. The molecule has 18 heavy (non-hydrogen) atoms. The van der Waals surface area contributed by atoms with Crippen LogP contribution in [0.1, 0.15) is 6.42 Å². The van der Waals surface area contributed by atoms with Gasteiger partial charge in [-0.2, -0.15) is 0 Å². The molecule has 0 amide bonds. The van der Waals surface area contributed by atoms with Crippen molar-refractivity contribution >= 4 is 5.95 Å². The van der Waals surface area contributed by atoms with Crippen LogP contribution < -0.4 is 10.8 Å². The van der Waals surface area contributed by atoms with Gasteiger partial charge in [0.2, 0.25) is 5.95 Å². The van der Waals surface area contributed by atoms with Gasteiger partial charge in [0.05, 0.1) is 5.69 Å². The standard InChI is InChI=1S/C13H13FN4/c14-10-4-2-9(3-5-10)11-8-12(15)18-7-1-6-16-13(18)17-11/h2-5,8,15H,1,6-7H2,(H,16,17). The van der Waals surface area contributed by atoms with Crippen molar-refractivity contribution in [2.75, 3.05) is 11.9 Å². The molecular formula is C13H13FN4. The van der Waals surface area contributed by atoms with Crippen LogP contribution in [0.3, 0.4) is 0 Å². The monoisotopic (exact) mass is 244 g/mol. The molecule has 0 fully saturated rings. The van der Waals surface area contributed by atoms with Crippen LogP contribution in [0.5, 0.6) is 0 Å². The third-order valence-corrected chi connectivity index (χ3v) is 3.03. The fraction of sp³-hybridized carbons (Fsp3) is 0.231. The van der Waals surface area contributed by atoms with E-state index in [1.807, 2.05) is 4.57 Å². The number of hydrogen-bond acceptors (Lipinski definition) is 3. The van der Waals surface area contributed by atoms with Gasteiger partial charge in [-0.25, -0.2) is 9.37 Å². The average molecular weight is 244 g/mol. The summed E-state index contributed by atoms with van der Waals surface area (Å²) >= 11 is 0. The van der Waals surface area contributed by atoms with Gasteiger partial charge in [-0.1, -0.05) is 0 Å². The van der Waals surface area contributed by atoms with Gasteiger partial charge in [-0.05, 0) is 30.7 Å². The van der Waals surface area contributed by atoms with Crippen LogP contribution in [0.4, 0.5) is 10.3 Å². The SMILES string of the molecule is N=c1cc(-c2ccc(F)cc2)nc2n1CCCN2. The van der Waals surface area contributed by atoms with E-state index in [2.05, 4.69) is 10.3 Å². The number of halogens is 1. The summed E-state index contributed by atoms with van der Waals surface area (Å²) in [7, 11) is 0. The zero-order valence-electron chi connectivity index (χ0n) is 9.78. The van der Waals surface area contributed by atoms with Crippen LogP contribution in [0.15, 0.2) is 30.3 Å². The third-order valence-electron chi connectivity index (χ3n) is 3.03. The van der Waals surface area contributed by atoms with Crippen LogP contribution in [0.2, 0.25) is 0 Å². The first-order valence-electron chi connectivity index (χ1n) is 5.90. The van der Waals surface area contributed by atoms with E-state index in [-0.39, 0.29) is 5.82 Å². The number of aromatic nitrogens is 2. The second kappa shape index (κ2) is 4.25. The van der Waals surface area contributed by atoms with Gasteiger partial charge >= 0.3 is 0 Å². The molecule has 2 aromatic rings. The minimum atomic E-state index is -0.268. The molecule has 3 rings (SSSR count). The summed E-state index contributed by atoms with van der Waals surface area (Å²) in [4.78, 5) is 4.48. The van der Waals surface area contributed by atoms with Gasteiger partial charge in [-0.15, -0.1) is 0 Å². The Morgan fingerprint density at radius 1 is 1.28 bits per heavy atom. The Kier molecular flexibility index (Phi) is 2.59. The molecular weight excluding hydrogens is 231 g/mol. The maximum Gasteiger partial charge on any atom is 0.204 e. The quantitative estimate of drug-likeness (QED) is 0.806. The fourth-order valence-electron chi connectivity index (χ4n) is 2.10. The lowest BCUT2D eigenvalue weighted by Gasteiger charge is -2.20. The van der Waals surface area contributed by atoms with Crippen molar-refractivity contribution in [3.8, 4) is 11.3 Å². The lowest BCUT2D eigenvalue weighted by atomic mass is 10.1. The van der Waals surface area contributed by atoms with E-state index < -0.39 is 0 Å². The predicted molar refractivity (Wildman–Crippen MR) is 66.6 cm³/mol. The first kappa shape index (κ1) is 11.0. The highest BCUT2D eigenvalue weighted by Crippen LogP contribution is 2.18. The van der Waals surface area contributed by atoms with Gasteiger partial charge in [0.1, 0.15) is 11.3 Å². The lowest BCUT2D eigenvalue weighted by molar-refractivity contribution is 0.584. The molecule has 1 aromatic heterocycles. The van der Waals surface area contributed by atoms with Crippen LogP contribution in [0.25, 0.3) is 11.3 Å². The van der Waals surface area contributed by atoms with Gasteiger partial charge < -0.3 is 5.32 Å². The van der Waals surface area contributed by atoms with Crippen molar-refractivity contribution < 1.29 is 4.39 Å². The predicted octanol–water partition coefficient (Wildman–Crippen LogP) is 1.98. The number of hydrogen-bond donors (Lipinski definition) is 2. The Hall–Kier alpha value is -2.17. The molecule has 1 aliphatic rings. The number of fused-ring (bicyclic) bond motifs is 1. The van der Waals surface area contributed by atoms with E-state index in [1.54, 1.807) is 18.2 Å². The first-order valence-corrected chi connectivity index (χ1v) is 5.90. The fourth-order valence-corrected chi connectivity index (χ4v) is 2.10. The molecule has 1 aromatic carbocycles. The minimum absolute atomic E-state index is 0.268. The second-order valence-electron chi connectivity index (χ2n) is 4.29. The largest absolute Gasteiger partial charge is 0.356 e. The summed E-state index contributed by atoms with van der Waals surface area (Å²) in [5.41, 5.74) is 1.94. The molecule has 5 heteroatoms. The molecule has 1 aliphatic heterocycles. The highest BCUT2D eigenvalue weighted by atomic mass is 19.1. The maximum atomic E-state index is 12.9. The van der Waals surface area contributed by atoms with E-state index in [0.29, 0.717) is 17.1 Å². The normalized spacial score (nSPS) is 13.8. The van der Waals surface area contributed by atoms with Crippen LogP contribution in [-0.4, -0.2) is 16.1 Å². The molecule has 0 saturated carbocycles. The molecule has 0 unspecified atom stereocenters. The van der Waals surface area contributed by atoms with Crippen molar-refractivity contribution in [1.29, 1.82) is 5.41 Å². The van der Waals surface area contributed by atoms with Crippen molar-refractivity contribution in [3.05, 3.63) is 41.6 Å². The highest BCUT2D eigenvalue weighted by molar-refractivity contribution is 5.59. The molecule has 2 heterocycles. The van der Waals surface area contributed by atoms with Crippen molar-refractivity contribution in [2.24, 2.45) is 0 Å². The smallest absolute Gasteiger partial charge is 0.204 e. The van der Waals surface area contributed by atoms with E-state index in [9.17, 15) is 4.39 Å². The van der Waals surface area contributed by atoms with Crippen molar-refractivity contribution in [2.45, 2.75) is 13.0 Å². The second-order valence-corrected chi connectivity index (χ2v) is 4.29. The zero-order chi connectivity index (χ0) is 12.5. The van der Waals surface area contributed by atoms with Crippen molar-refractivity contribution in [1.82, 2.24) is 9.55 Å². The Balaban J connectivity index is 2.11. The van der Waals surface area contributed by atoms with Crippen LogP contribution in [-0.2, 0) is 6.54 Å². The third kappa shape index (κ3) is 1.88. The number of rotatable bonds is 1. The summed E-state index contributed by atoms with van der Waals surface area (Å²) in [6.07, 6.45) is 1.00. The number of nitrogens with one attached hydrogen (secondary N) is 2.